The molecule has 5 heteroatoms. The Kier molecular flexibility index (Phi) is 3.83. The molecule has 1 aliphatic heterocycles. The molecule has 0 aliphatic carbocycles. The molecular formula is C17H27N5. The molecule has 0 atom stereocenters. The summed E-state index contributed by atoms with van der Waals surface area (Å²) in [6.07, 6.45) is 2.51. The van der Waals surface area contributed by atoms with Crippen LogP contribution in [0.3, 0.4) is 0 Å². The van der Waals surface area contributed by atoms with Crippen LogP contribution < -0.4 is 4.90 Å². The van der Waals surface area contributed by atoms with Crippen LogP contribution in [0.25, 0.3) is 5.65 Å². The van der Waals surface area contributed by atoms with Gasteiger partial charge in [0.25, 0.3) is 0 Å². The normalized spacial score (nSPS) is 17.6. The molecule has 0 amide bonds. The standard InChI is InChI=1S/C17H27N5/c1-12(2)13-8-10-21(11-9-13)15-7-6-14-18-19-16(17(3,4)5)22(14)20-15/h6-7,12-13H,8-11H2,1-5H3. The van der Waals surface area contributed by atoms with Crippen molar-refractivity contribution in [3.63, 3.8) is 0 Å². The number of nitrogens with zero attached hydrogens (tertiary/aromatic N) is 5. The minimum absolute atomic E-state index is 0.0598. The van der Waals surface area contributed by atoms with Gasteiger partial charge in [-0.05, 0) is 36.8 Å². The third kappa shape index (κ3) is 2.81. The summed E-state index contributed by atoms with van der Waals surface area (Å²) in [6, 6.07) is 4.10. The van der Waals surface area contributed by atoms with Crippen molar-refractivity contribution in [2.24, 2.45) is 11.8 Å². The van der Waals surface area contributed by atoms with Crippen molar-refractivity contribution < 1.29 is 0 Å². The lowest BCUT2D eigenvalue weighted by molar-refractivity contribution is 0.310. The van der Waals surface area contributed by atoms with Gasteiger partial charge < -0.3 is 4.90 Å². The van der Waals surface area contributed by atoms with E-state index in [1.807, 2.05) is 10.6 Å². The molecule has 0 spiro atoms. The average Bonchev–Trinajstić information content (AvgIpc) is 2.90. The first-order chi connectivity index (χ1) is 10.4. The number of anilines is 1. The fraction of sp³-hybridized carbons (Fsp3) is 0.706. The Morgan fingerprint density at radius 3 is 2.36 bits per heavy atom. The van der Waals surface area contributed by atoms with Crippen LogP contribution in [0.4, 0.5) is 5.82 Å². The Hall–Kier alpha value is -1.65. The van der Waals surface area contributed by atoms with Gasteiger partial charge in [0.2, 0.25) is 0 Å². The summed E-state index contributed by atoms with van der Waals surface area (Å²) in [5, 5.41) is 13.4. The molecule has 0 radical (unpaired) electrons. The van der Waals surface area contributed by atoms with Crippen LogP contribution in [0, 0.1) is 11.8 Å². The zero-order chi connectivity index (χ0) is 15.9. The second kappa shape index (κ2) is 5.52. The number of aromatic nitrogens is 4. The zero-order valence-corrected chi connectivity index (χ0v) is 14.4. The highest BCUT2D eigenvalue weighted by molar-refractivity contribution is 5.46. The average molecular weight is 301 g/mol. The quantitative estimate of drug-likeness (QED) is 0.854. The van der Waals surface area contributed by atoms with Gasteiger partial charge in [0, 0.05) is 18.5 Å². The zero-order valence-electron chi connectivity index (χ0n) is 14.4. The lowest BCUT2D eigenvalue weighted by Gasteiger charge is -2.34. The summed E-state index contributed by atoms with van der Waals surface area (Å²) in [7, 11) is 0. The highest BCUT2D eigenvalue weighted by atomic mass is 15.4. The fourth-order valence-electron chi connectivity index (χ4n) is 3.21. The Morgan fingerprint density at radius 1 is 1.09 bits per heavy atom. The number of rotatable bonds is 2. The van der Waals surface area contributed by atoms with Crippen molar-refractivity contribution in [1.82, 2.24) is 19.8 Å². The minimum atomic E-state index is -0.0598. The fourth-order valence-corrected chi connectivity index (χ4v) is 3.21. The number of hydrogen-bond donors (Lipinski definition) is 0. The number of hydrogen-bond acceptors (Lipinski definition) is 4. The van der Waals surface area contributed by atoms with E-state index in [0.717, 1.165) is 42.2 Å². The summed E-state index contributed by atoms with van der Waals surface area (Å²) < 4.78 is 1.91. The van der Waals surface area contributed by atoms with Gasteiger partial charge in [-0.15, -0.1) is 15.3 Å². The van der Waals surface area contributed by atoms with Gasteiger partial charge >= 0.3 is 0 Å². The molecule has 1 fully saturated rings. The summed E-state index contributed by atoms with van der Waals surface area (Å²) in [5.74, 6) is 3.59. The van der Waals surface area contributed by atoms with E-state index in [4.69, 9.17) is 5.10 Å². The predicted octanol–water partition coefficient (Wildman–Crippen LogP) is 3.29. The van der Waals surface area contributed by atoms with Crippen LogP contribution >= 0.6 is 0 Å². The van der Waals surface area contributed by atoms with Crippen LogP contribution in [0.1, 0.15) is 53.3 Å². The molecule has 2 aromatic heterocycles. The first-order valence-corrected chi connectivity index (χ1v) is 8.34. The maximum Gasteiger partial charge on any atom is 0.178 e. The molecule has 3 heterocycles. The lowest BCUT2D eigenvalue weighted by atomic mass is 9.87. The van der Waals surface area contributed by atoms with Crippen molar-refractivity contribution in [3.05, 3.63) is 18.0 Å². The van der Waals surface area contributed by atoms with Crippen LogP contribution in [-0.2, 0) is 5.41 Å². The monoisotopic (exact) mass is 301 g/mol. The molecule has 0 aromatic carbocycles. The van der Waals surface area contributed by atoms with Gasteiger partial charge in [0.1, 0.15) is 5.82 Å². The van der Waals surface area contributed by atoms with E-state index in [-0.39, 0.29) is 5.41 Å². The molecule has 0 N–H and O–H groups in total. The summed E-state index contributed by atoms with van der Waals surface area (Å²) in [4.78, 5) is 2.39. The van der Waals surface area contributed by atoms with Crippen molar-refractivity contribution in [2.45, 2.75) is 52.9 Å². The first-order valence-electron chi connectivity index (χ1n) is 8.34. The van der Waals surface area contributed by atoms with Crippen molar-refractivity contribution in [2.75, 3.05) is 18.0 Å². The molecule has 5 nitrogen and oxygen atoms in total. The number of piperidine rings is 1. The highest BCUT2D eigenvalue weighted by Gasteiger charge is 2.25. The largest absolute Gasteiger partial charge is 0.355 e. The number of fused-ring (bicyclic) bond motifs is 1. The molecule has 0 saturated carbocycles. The smallest absolute Gasteiger partial charge is 0.178 e. The molecular weight excluding hydrogens is 274 g/mol. The molecule has 1 saturated heterocycles. The summed E-state index contributed by atoms with van der Waals surface area (Å²) >= 11 is 0. The highest BCUT2D eigenvalue weighted by Crippen LogP contribution is 2.27. The molecule has 1 aliphatic rings. The molecule has 0 bridgehead atoms. The SMILES string of the molecule is CC(C)C1CCN(c2ccc3nnc(C(C)(C)C)n3n2)CC1. The molecule has 0 unspecified atom stereocenters. The third-order valence-electron chi connectivity index (χ3n) is 4.73. The first kappa shape index (κ1) is 15.3. The topological polar surface area (TPSA) is 46.3 Å². The minimum Gasteiger partial charge on any atom is -0.355 e. The van der Waals surface area contributed by atoms with E-state index >= 15 is 0 Å². The van der Waals surface area contributed by atoms with Gasteiger partial charge in [-0.1, -0.05) is 34.6 Å². The van der Waals surface area contributed by atoms with Gasteiger partial charge in [0.15, 0.2) is 11.5 Å². The van der Waals surface area contributed by atoms with Crippen molar-refractivity contribution in [1.29, 1.82) is 0 Å². The van der Waals surface area contributed by atoms with Crippen molar-refractivity contribution >= 4 is 11.5 Å². The second-order valence-corrected chi connectivity index (χ2v) is 7.80. The molecule has 3 rings (SSSR count). The summed E-state index contributed by atoms with van der Waals surface area (Å²) in [5.41, 5.74) is 0.765. The van der Waals surface area contributed by atoms with Gasteiger partial charge in [-0.3, -0.25) is 0 Å². The Morgan fingerprint density at radius 2 is 1.77 bits per heavy atom. The maximum atomic E-state index is 4.81. The molecule has 120 valence electrons. The van der Waals surface area contributed by atoms with Crippen LogP contribution in [0.15, 0.2) is 12.1 Å². The van der Waals surface area contributed by atoms with Crippen LogP contribution in [0.2, 0.25) is 0 Å². The lowest BCUT2D eigenvalue weighted by Crippen LogP contribution is -2.36. The summed E-state index contributed by atoms with van der Waals surface area (Å²) in [6.45, 7) is 13.3. The van der Waals surface area contributed by atoms with Crippen LogP contribution in [0.5, 0.6) is 0 Å². The van der Waals surface area contributed by atoms with Gasteiger partial charge in [-0.2, -0.15) is 4.52 Å². The van der Waals surface area contributed by atoms with Gasteiger partial charge in [-0.25, -0.2) is 0 Å². The Bertz CT molecular complexity index is 645. The second-order valence-electron chi connectivity index (χ2n) is 7.80. The van der Waals surface area contributed by atoms with E-state index in [1.165, 1.54) is 12.8 Å². The third-order valence-corrected chi connectivity index (χ3v) is 4.73. The molecule has 2 aromatic rings. The van der Waals surface area contributed by atoms with E-state index in [0.29, 0.717) is 0 Å². The Labute approximate surface area is 132 Å². The Balaban J connectivity index is 1.86. The van der Waals surface area contributed by atoms with Crippen molar-refractivity contribution in [3.8, 4) is 0 Å². The predicted molar refractivity (Wildman–Crippen MR) is 89.3 cm³/mol. The van der Waals surface area contributed by atoms with E-state index in [1.54, 1.807) is 0 Å². The van der Waals surface area contributed by atoms with Crippen LogP contribution in [-0.4, -0.2) is 32.9 Å². The van der Waals surface area contributed by atoms with E-state index < -0.39 is 0 Å². The maximum absolute atomic E-state index is 4.81. The van der Waals surface area contributed by atoms with E-state index in [2.05, 4.69) is 55.8 Å². The molecule has 22 heavy (non-hydrogen) atoms. The van der Waals surface area contributed by atoms with Gasteiger partial charge in [0.05, 0.1) is 0 Å². The van der Waals surface area contributed by atoms with E-state index in [9.17, 15) is 0 Å².